The van der Waals surface area contributed by atoms with Crippen LogP contribution in [0.25, 0.3) is 0 Å². The van der Waals surface area contributed by atoms with Crippen molar-refractivity contribution in [3.8, 4) is 11.5 Å². The van der Waals surface area contributed by atoms with Gasteiger partial charge in [0.15, 0.2) is 11.5 Å². The number of amides is 1. The lowest BCUT2D eigenvalue weighted by atomic mass is 10.1. The van der Waals surface area contributed by atoms with E-state index in [0.29, 0.717) is 60.4 Å². The molecule has 0 saturated heterocycles. The van der Waals surface area contributed by atoms with E-state index in [9.17, 15) is 18.0 Å². The maximum atomic E-state index is 13.3. The Labute approximate surface area is 248 Å². The van der Waals surface area contributed by atoms with Gasteiger partial charge in [0.05, 0.1) is 26.3 Å². The monoisotopic (exact) mass is 597 g/mol. The molecule has 0 bridgehead atoms. The number of aryl methyl sites for hydroxylation is 1. The fourth-order valence-corrected chi connectivity index (χ4v) is 5.34. The first-order valence-electron chi connectivity index (χ1n) is 13.4. The van der Waals surface area contributed by atoms with Gasteiger partial charge in [-0.2, -0.15) is 13.2 Å². The molecule has 0 unspecified atom stereocenters. The molecular formula is C32H34F3N3O3S. The summed E-state index contributed by atoms with van der Waals surface area (Å²) in [6.45, 7) is 3.69. The van der Waals surface area contributed by atoms with Crippen LogP contribution < -0.4 is 9.47 Å². The molecule has 0 spiro atoms. The van der Waals surface area contributed by atoms with Crippen molar-refractivity contribution in [3.63, 3.8) is 0 Å². The SMILES string of the molecule is COc1ccc(CCN(C)C(=O)c2csc(CN(Cc3ccc(C)cc3)Cc3cccc(C(F)(F)F)c3)n2)cc1OC. The predicted molar refractivity (Wildman–Crippen MR) is 158 cm³/mol. The van der Waals surface area contributed by atoms with Gasteiger partial charge in [0.1, 0.15) is 10.7 Å². The second-order valence-electron chi connectivity index (χ2n) is 10.1. The number of halogens is 3. The average molecular weight is 598 g/mol. The van der Waals surface area contributed by atoms with Crippen molar-refractivity contribution in [2.24, 2.45) is 0 Å². The Bertz CT molecular complexity index is 1490. The van der Waals surface area contributed by atoms with Crippen molar-refractivity contribution in [2.75, 3.05) is 27.8 Å². The Balaban J connectivity index is 1.44. The second kappa shape index (κ2) is 13.8. The van der Waals surface area contributed by atoms with Gasteiger partial charge in [-0.1, -0.05) is 54.1 Å². The Kier molecular flexibility index (Phi) is 10.2. The summed E-state index contributed by atoms with van der Waals surface area (Å²) in [5, 5.41) is 2.45. The van der Waals surface area contributed by atoms with E-state index >= 15 is 0 Å². The standard InChI is InChI=1S/C32H34F3N3O3S/c1-22-8-10-24(11-9-22)18-38(19-25-6-5-7-26(16-25)32(33,34)35)20-30-36-27(21-42-30)31(39)37(2)15-14-23-12-13-28(40-3)29(17-23)41-4/h5-13,16-17,21H,14-15,18-20H2,1-4H3. The number of nitrogens with zero attached hydrogens (tertiary/aromatic N) is 3. The van der Waals surface area contributed by atoms with Gasteiger partial charge >= 0.3 is 6.18 Å². The number of alkyl halides is 3. The number of likely N-dealkylation sites (N-methyl/N-ethyl adjacent to an activating group) is 1. The molecule has 6 nitrogen and oxygen atoms in total. The summed E-state index contributed by atoms with van der Waals surface area (Å²) in [5.41, 5.74) is 3.40. The smallest absolute Gasteiger partial charge is 0.416 e. The fourth-order valence-electron chi connectivity index (χ4n) is 4.53. The van der Waals surface area contributed by atoms with Gasteiger partial charge in [-0.15, -0.1) is 11.3 Å². The van der Waals surface area contributed by atoms with Crippen molar-refractivity contribution < 1.29 is 27.4 Å². The molecule has 42 heavy (non-hydrogen) atoms. The molecule has 0 aliphatic rings. The van der Waals surface area contributed by atoms with Crippen molar-refractivity contribution in [2.45, 2.75) is 39.2 Å². The van der Waals surface area contributed by atoms with Crippen LogP contribution >= 0.6 is 11.3 Å². The van der Waals surface area contributed by atoms with Crippen LogP contribution in [0.3, 0.4) is 0 Å². The first-order chi connectivity index (χ1) is 20.0. The van der Waals surface area contributed by atoms with Gasteiger partial charge in [-0.3, -0.25) is 9.69 Å². The molecule has 3 aromatic carbocycles. The highest BCUT2D eigenvalue weighted by atomic mass is 32.1. The Hall–Kier alpha value is -3.89. The van der Waals surface area contributed by atoms with Gasteiger partial charge < -0.3 is 14.4 Å². The molecule has 0 aliphatic carbocycles. The fraction of sp³-hybridized carbons (Fsp3) is 0.312. The van der Waals surface area contributed by atoms with E-state index in [2.05, 4.69) is 4.98 Å². The lowest BCUT2D eigenvalue weighted by Gasteiger charge is -2.22. The normalized spacial score (nSPS) is 11.5. The molecule has 1 heterocycles. The number of benzene rings is 3. The van der Waals surface area contributed by atoms with Crippen molar-refractivity contribution in [3.05, 3.63) is 111 Å². The molecule has 0 aliphatic heterocycles. The van der Waals surface area contributed by atoms with E-state index in [-0.39, 0.29) is 5.91 Å². The predicted octanol–water partition coefficient (Wildman–Crippen LogP) is 7.00. The molecule has 4 rings (SSSR count). The van der Waals surface area contributed by atoms with Crippen molar-refractivity contribution in [1.29, 1.82) is 0 Å². The average Bonchev–Trinajstić information content (AvgIpc) is 3.44. The minimum absolute atomic E-state index is 0.194. The number of carbonyl (C=O) groups excluding carboxylic acids is 1. The third-order valence-electron chi connectivity index (χ3n) is 6.85. The number of rotatable bonds is 12. The Morgan fingerprint density at radius 2 is 1.57 bits per heavy atom. The van der Waals surface area contributed by atoms with Crippen LogP contribution in [0.15, 0.2) is 72.1 Å². The summed E-state index contributed by atoms with van der Waals surface area (Å²) in [6, 6.07) is 19.1. The zero-order chi connectivity index (χ0) is 30.3. The third kappa shape index (κ3) is 8.33. The summed E-state index contributed by atoms with van der Waals surface area (Å²) in [5.74, 6) is 1.08. The van der Waals surface area contributed by atoms with Crippen molar-refractivity contribution in [1.82, 2.24) is 14.8 Å². The van der Waals surface area contributed by atoms with Crippen LogP contribution in [-0.4, -0.2) is 48.5 Å². The zero-order valence-corrected chi connectivity index (χ0v) is 24.9. The first kappa shape index (κ1) is 31.1. The molecule has 0 radical (unpaired) electrons. The van der Waals surface area contributed by atoms with E-state index in [1.165, 1.54) is 23.5 Å². The van der Waals surface area contributed by atoms with E-state index < -0.39 is 11.7 Å². The molecule has 0 saturated carbocycles. The molecule has 0 fully saturated rings. The maximum Gasteiger partial charge on any atom is 0.416 e. The number of carbonyl (C=O) groups is 1. The highest BCUT2D eigenvalue weighted by molar-refractivity contribution is 7.09. The summed E-state index contributed by atoms with van der Waals surface area (Å²) < 4.78 is 50.6. The summed E-state index contributed by atoms with van der Waals surface area (Å²) >= 11 is 1.37. The number of hydrogen-bond donors (Lipinski definition) is 0. The maximum absolute atomic E-state index is 13.3. The number of methoxy groups -OCH3 is 2. The lowest BCUT2D eigenvalue weighted by Crippen LogP contribution is -2.29. The number of hydrogen-bond acceptors (Lipinski definition) is 6. The molecule has 0 N–H and O–H groups in total. The van der Waals surface area contributed by atoms with E-state index in [1.54, 1.807) is 37.6 Å². The summed E-state index contributed by atoms with van der Waals surface area (Å²) in [6.07, 6.45) is -3.78. The second-order valence-corrected chi connectivity index (χ2v) is 11.1. The number of thiazole rings is 1. The lowest BCUT2D eigenvalue weighted by molar-refractivity contribution is -0.137. The van der Waals surface area contributed by atoms with Crippen LogP contribution in [0.1, 0.15) is 43.3 Å². The van der Waals surface area contributed by atoms with Gasteiger partial charge in [0, 0.05) is 32.1 Å². The van der Waals surface area contributed by atoms with E-state index in [0.717, 1.165) is 22.8 Å². The first-order valence-corrected chi connectivity index (χ1v) is 14.3. The Morgan fingerprint density at radius 3 is 2.26 bits per heavy atom. The van der Waals surface area contributed by atoms with Crippen molar-refractivity contribution >= 4 is 17.2 Å². The van der Waals surface area contributed by atoms with Crippen LogP contribution in [0, 0.1) is 6.92 Å². The van der Waals surface area contributed by atoms with E-state index in [4.69, 9.17) is 9.47 Å². The zero-order valence-electron chi connectivity index (χ0n) is 24.1. The van der Waals surface area contributed by atoms with Gasteiger partial charge in [0.2, 0.25) is 0 Å². The van der Waals surface area contributed by atoms with Crippen LogP contribution in [0.2, 0.25) is 0 Å². The third-order valence-corrected chi connectivity index (χ3v) is 7.68. The largest absolute Gasteiger partial charge is 0.493 e. The van der Waals surface area contributed by atoms with Gasteiger partial charge in [0.25, 0.3) is 5.91 Å². The van der Waals surface area contributed by atoms with Crippen LogP contribution in [-0.2, 0) is 32.2 Å². The molecule has 10 heteroatoms. The topological polar surface area (TPSA) is 54.9 Å². The molecule has 1 aromatic heterocycles. The highest BCUT2D eigenvalue weighted by Crippen LogP contribution is 2.30. The minimum atomic E-state index is -4.41. The van der Waals surface area contributed by atoms with Gasteiger partial charge in [-0.25, -0.2) is 4.98 Å². The minimum Gasteiger partial charge on any atom is -0.493 e. The highest BCUT2D eigenvalue weighted by Gasteiger charge is 2.30. The Morgan fingerprint density at radius 1 is 0.881 bits per heavy atom. The molecule has 4 aromatic rings. The number of aromatic nitrogens is 1. The number of ether oxygens (including phenoxy) is 2. The molecular weight excluding hydrogens is 563 g/mol. The summed E-state index contributed by atoms with van der Waals surface area (Å²) in [7, 11) is 4.90. The summed E-state index contributed by atoms with van der Waals surface area (Å²) in [4.78, 5) is 21.4. The van der Waals surface area contributed by atoms with Crippen LogP contribution in [0.5, 0.6) is 11.5 Å². The van der Waals surface area contributed by atoms with Crippen LogP contribution in [0.4, 0.5) is 13.2 Å². The molecule has 222 valence electrons. The quantitative estimate of drug-likeness (QED) is 0.176. The molecule has 0 atom stereocenters. The molecule has 1 amide bonds. The van der Waals surface area contributed by atoms with E-state index in [1.807, 2.05) is 54.3 Å². The van der Waals surface area contributed by atoms with Gasteiger partial charge in [-0.05, 0) is 48.2 Å².